The van der Waals surface area contributed by atoms with Crippen LogP contribution in [0.3, 0.4) is 0 Å². The fraction of sp³-hybridized carbons (Fsp3) is 0.211. The predicted molar refractivity (Wildman–Crippen MR) is 125 cm³/mol. The molecule has 160 valence electrons. The summed E-state index contributed by atoms with van der Waals surface area (Å²) in [7, 11) is 0.0521. The Hall–Kier alpha value is -1.62. The number of likely N-dealkylation sites (N-methyl/N-ethyl adjacent to an activating group) is 1. The molecule has 1 aromatic carbocycles. The molecule has 30 heavy (non-hydrogen) atoms. The summed E-state index contributed by atoms with van der Waals surface area (Å²) in [5.41, 5.74) is 0.743. The van der Waals surface area contributed by atoms with E-state index in [0.29, 0.717) is 17.8 Å². The third-order valence-electron chi connectivity index (χ3n) is 4.27. The smallest absolute Gasteiger partial charge is 0.264 e. The number of sulfonamides is 1. The molecule has 0 saturated heterocycles. The minimum absolute atomic E-state index is 0.0715. The average Bonchev–Trinajstić information content (AvgIpc) is 3.31. The van der Waals surface area contributed by atoms with Gasteiger partial charge in [0.15, 0.2) is 0 Å². The van der Waals surface area contributed by atoms with Crippen LogP contribution in [0.15, 0.2) is 52.7 Å². The van der Waals surface area contributed by atoms with Gasteiger partial charge in [-0.05, 0) is 55.9 Å². The van der Waals surface area contributed by atoms with Crippen molar-refractivity contribution in [2.45, 2.75) is 10.9 Å². The lowest BCUT2D eigenvalue weighted by Gasteiger charge is -2.23. The van der Waals surface area contributed by atoms with E-state index in [1.165, 1.54) is 18.2 Å². The first-order chi connectivity index (χ1) is 14.2. The van der Waals surface area contributed by atoms with Gasteiger partial charge in [0.05, 0.1) is 10.4 Å². The summed E-state index contributed by atoms with van der Waals surface area (Å²) in [6.07, 6.45) is 0. The van der Waals surface area contributed by atoms with Crippen LogP contribution >= 0.6 is 45.9 Å². The maximum Gasteiger partial charge on any atom is 0.264 e. The van der Waals surface area contributed by atoms with Gasteiger partial charge in [-0.2, -0.15) is 0 Å². The molecule has 1 amide bonds. The van der Waals surface area contributed by atoms with Crippen molar-refractivity contribution >= 4 is 67.5 Å². The molecule has 0 radical (unpaired) electrons. The van der Waals surface area contributed by atoms with Crippen LogP contribution in [-0.4, -0.2) is 39.9 Å². The first kappa shape index (κ1) is 23.1. The quantitative estimate of drug-likeness (QED) is 0.455. The van der Waals surface area contributed by atoms with Crippen LogP contribution in [0.2, 0.25) is 8.67 Å². The van der Waals surface area contributed by atoms with Crippen molar-refractivity contribution in [2.75, 3.05) is 25.4 Å². The normalized spacial score (nSPS) is 12.7. The summed E-state index contributed by atoms with van der Waals surface area (Å²) in [4.78, 5) is 15.6. The Labute approximate surface area is 193 Å². The topological polar surface area (TPSA) is 78.5 Å². The fourth-order valence-corrected chi connectivity index (χ4v) is 6.85. The van der Waals surface area contributed by atoms with E-state index in [0.717, 1.165) is 16.2 Å². The largest absolute Gasteiger partial charge is 0.350 e. The van der Waals surface area contributed by atoms with Crippen molar-refractivity contribution in [2.24, 2.45) is 0 Å². The summed E-state index contributed by atoms with van der Waals surface area (Å²) in [5, 5.41) is 4.93. The van der Waals surface area contributed by atoms with E-state index in [-0.39, 0.29) is 25.5 Å². The second-order valence-electron chi connectivity index (χ2n) is 6.58. The molecule has 0 aliphatic rings. The van der Waals surface area contributed by atoms with Crippen LogP contribution in [0.5, 0.6) is 0 Å². The number of hydrogen-bond acceptors (Lipinski definition) is 6. The van der Waals surface area contributed by atoms with Crippen molar-refractivity contribution in [1.29, 1.82) is 0 Å². The van der Waals surface area contributed by atoms with Crippen LogP contribution in [0.4, 0.5) is 5.69 Å². The van der Waals surface area contributed by atoms with Crippen LogP contribution in [0.1, 0.15) is 21.3 Å². The Morgan fingerprint density at radius 2 is 1.87 bits per heavy atom. The summed E-state index contributed by atoms with van der Waals surface area (Å²) in [6, 6.07) is 11.6. The van der Waals surface area contributed by atoms with Crippen molar-refractivity contribution < 1.29 is 13.2 Å². The van der Waals surface area contributed by atoms with Crippen LogP contribution < -0.4 is 10.0 Å². The number of anilines is 1. The first-order valence-corrected chi connectivity index (χ1v) is 12.7. The number of rotatable bonds is 8. The molecule has 0 fully saturated rings. The first-order valence-electron chi connectivity index (χ1n) is 8.73. The minimum atomic E-state index is -3.87. The summed E-state index contributed by atoms with van der Waals surface area (Å²) < 4.78 is 27.8. The van der Waals surface area contributed by atoms with E-state index < -0.39 is 10.0 Å². The van der Waals surface area contributed by atoms with Gasteiger partial charge in [0.1, 0.15) is 9.23 Å². The minimum Gasteiger partial charge on any atom is -0.350 e. The van der Waals surface area contributed by atoms with Gasteiger partial charge in [-0.15, -0.1) is 22.7 Å². The maximum atomic E-state index is 12.5. The molecule has 0 saturated carbocycles. The van der Waals surface area contributed by atoms with Gasteiger partial charge >= 0.3 is 0 Å². The molecule has 1 atom stereocenters. The van der Waals surface area contributed by atoms with Crippen molar-refractivity contribution in [3.8, 4) is 0 Å². The second kappa shape index (κ2) is 9.67. The van der Waals surface area contributed by atoms with Gasteiger partial charge in [-0.3, -0.25) is 9.52 Å². The molecule has 3 aromatic rings. The van der Waals surface area contributed by atoms with Gasteiger partial charge in [-0.1, -0.05) is 29.3 Å². The van der Waals surface area contributed by atoms with Crippen molar-refractivity contribution in [3.63, 3.8) is 0 Å². The molecule has 6 nitrogen and oxygen atoms in total. The number of thiophene rings is 2. The molecule has 0 aliphatic carbocycles. The van der Waals surface area contributed by atoms with Gasteiger partial charge in [-0.25, -0.2) is 8.42 Å². The predicted octanol–water partition coefficient (Wildman–Crippen LogP) is 4.95. The molecule has 2 aromatic heterocycles. The average molecular weight is 504 g/mol. The Balaban J connectivity index is 1.65. The zero-order chi connectivity index (χ0) is 21.9. The van der Waals surface area contributed by atoms with Gasteiger partial charge in [0, 0.05) is 22.7 Å². The fourth-order valence-electron chi connectivity index (χ4n) is 2.72. The molecule has 0 spiro atoms. The van der Waals surface area contributed by atoms with E-state index in [4.69, 9.17) is 23.2 Å². The molecule has 11 heteroatoms. The van der Waals surface area contributed by atoms with E-state index in [1.54, 1.807) is 23.5 Å². The molecule has 2 N–H and O–H groups in total. The number of nitrogens with zero attached hydrogens (tertiary/aromatic N) is 1. The van der Waals surface area contributed by atoms with E-state index in [2.05, 4.69) is 10.0 Å². The number of amides is 1. The lowest BCUT2D eigenvalue weighted by atomic mass is 10.1. The molecule has 2 heterocycles. The zero-order valence-corrected chi connectivity index (χ0v) is 20.0. The molecule has 3 rings (SSSR count). The zero-order valence-electron chi connectivity index (χ0n) is 16.1. The van der Waals surface area contributed by atoms with Crippen LogP contribution in [0.25, 0.3) is 0 Å². The van der Waals surface area contributed by atoms with E-state index in [9.17, 15) is 13.2 Å². The highest BCUT2D eigenvalue weighted by Gasteiger charge is 2.21. The third-order valence-corrected chi connectivity index (χ3v) is 8.37. The number of nitrogens with one attached hydrogen (secondary N) is 2. The second-order valence-corrected chi connectivity index (χ2v) is 11.5. The standard InChI is InChI=1S/C19H19Cl2N3O3S3/c1-24(2)14(15-4-3-9-28-15)11-22-19(25)12-5-7-13(8-6-12)23-30(26,27)16-10-17(20)29-18(16)21/h3-10,14,23H,11H2,1-2H3,(H,22,25)/t14-/m1/s1. The van der Waals surface area contributed by atoms with Crippen molar-refractivity contribution in [3.05, 3.63) is 67.0 Å². The number of carbonyl (C=O) groups excluding carboxylic acids is 1. The monoisotopic (exact) mass is 503 g/mol. The number of carbonyl (C=O) groups is 1. The molecular weight excluding hydrogens is 485 g/mol. The van der Waals surface area contributed by atoms with Crippen molar-refractivity contribution in [1.82, 2.24) is 10.2 Å². The summed E-state index contributed by atoms with van der Waals surface area (Å²) in [6.45, 7) is 0.456. The lowest BCUT2D eigenvalue weighted by molar-refractivity contribution is 0.0942. The van der Waals surface area contributed by atoms with Crippen LogP contribution in [-0.2, 0) is 10.0 Å². The Morgan fingerprint density at radius 1 is 1.17 bits per heavy atom. The highest BCUT2D eigenvalue weighted by atomic mass is 35.5. The Bertz CT molecular complexity index is 1110. The highest BCUT2D eigenvalue weighted by Crippen LogP contribution is 2.35. The number of halogens is 2. The maximum absolute atomic E-state index is 12.5. The Morgan fingerprint density at radius 3 is 2.40 bits per heavy atom. The van der Waals surface area contributed by atoms with Gasteiger partial charge < -0.3 is 10.2 Å². The van der Waals surface area contributed by atoms with Gasteiger partial charge in [0.25, 0.3) is 15.9 Å². The SMILES string of the molecule is CN(C)[C@H](CNC(=O)c1ccc(NS(=O)(=O)c2cc(Cl)sc2Cl)cc1)c1cccs1. The lowest BCUT2D eigenvalue weighted by Crippen LogP contribution is -2.34. The number of benzene rings is 1. The van der Waals surface area contributed by atoms with E-state index in [1.807, 2.05) is 36.5 Å². The molecular formula is C19H19Cl2N3O3S3. The summed E-state index contributed by atoms with van der Waals surface area (Å²) >= 11 is 14.4. The van der Waals surface area contributed by atoms with Crippen LogP contribution in [0, 0.1) is 0 Å². The van der Waals surface area contributed by atoms with Gasteiger partial charge in [0.2, 0.25) is 0 Å². The molecule has 0 unspecified atom stereocenters. The summed E-state index contributed by atoms with van der Waals surface area (Å²) in [5.74, 6) is -0.236. The third kappa shape index (κ3) is 5.54. The van der Waals surface area contributed by atoms with E-state index >= 15 is 0 Å². The molecule has 0 bridgehead atoms. The Kier molecular flexibility index (Phi) is 7.43. The molecule has 0 aliphatic heterocycles. The number of hydrogen-bond donors (Lipinski definition) is 2. The highest BCUT2D eigenvalue weighted by molar-refractivity contribution is 7.93.